The maximum Gasteiger partial charge on any atom is 0.141 e. The number of aromatic nitrogens is 3. The monoisotopic (exact) mass is 270 g/mol. The second-order valence-corrected chi connectivity index (χ2v) is 5.38. The minimum absolute atomic E-state index is 0.690. The van der Waals surface area contributed by atoms with Gasteiger partial charge in [-0.1, -0.05) is 19.8 Å². The number of hydrogen-bond acceptors (Lipinski definition) is 3. The number of halogens is 1. The van der Waals surface area contributed by atoms with Crippen molar-refractivity contribution >= 4 is 11.6 Å². The molecule has 0 spiro atoms. The molecule has 18 heavy (non-hydrogen) atoms. The van der Waals surface area contributed by atoms with Crippen LogP contribution in [0.1, 0.15) is 44.9 Å². The Balaban J connectivity index is 2.00. The summed E-state index contributed by atoms with van der Waals surface area (Å²) in [5.74, 6) is 1.77. The summed E-state index contributed by atoms with van der Waals surface area (Å²) in [4.78, 5) is 6.88. The summed E-state index contributed by atoms with van der Waals surface area (Å²) < 4.78 is 2.02. The fourth-order valence-corrected chi connectivity index (χ4v) is 2.98. The van der Waals surface area contributed by atoms with Crippen LogP contribution in [0.15, 0.2) is 6.33 Å². The van der Waals surface area contributed by atoms with Crippen molar-refractivity contribution in [3.05, 3.63) is 12.2 Å². The Hall–Kier alpha value is -0.610. The van der Waals surface area contributed by atoms with Crippen LogP contribution in [-0.4, -0.2) is 38.1 Å². The fourth-order valence-electron chi connectivity index (χ4n) is 2.76. The highest BCUT2D eigenvalue weighted by molar-refractivity contribution is 6.18. The van der Waals surface area contributed by atoms with Crippen molar-refractivity contribution in [3.8, 4) is 0 Å². The van der Waals surface area contributed by atoms with Gasteiger partial charge >= 0.3 is 0 Å². The van der Waals surface area contributed by atoms with Gasteiger partial charge < -0.3 is 0 Å². The smallest absolute Gasteiger partial charge is 0.141 e. The Morgan fingerprint density at radius 3 is 2.89 bits per heavy atom. The van der Waals surface area contributed by atoms with E-state index >= 15 is 0 Å². The van der Waals surface area contributed by atoms with Crippen LogP contribution in [0, 0.1) is 0 Å². The van der Waals surface area contributed by atoms with E-state index in [1.165, 1.54) is 25.7 Å². The topological polar surface area (TPSA) is 34.0 Å². The molecule has 0 aliphatic heterocycles. The highest BCUT2D eigenvalue weighted by atomic mass is 35.5. The van der Waals surface area contributed by atoms with Crippen LogP contribution in [0.5, 0.6) is 0 Å². The molecule has 4 nitrogen and oxygen atoms in total. The molecule has 1 heterocycles. The molecule has 0 aromatic carbocycles. The molecule has 1 saturated carbocycles. The average molecular weight is 271 g/mol. The van der Waals surface area contributed by atoms with Crippen molar-refractivity contribution in [3.63, 3.8) is 0 Å². The van der Waals surface area contributed by atoms with Crippen molar-refractivity contribution in [2.24, 2.45) is 0 Å². The molecule has 1 aromatic heterocycles. The summed E-state index contributed by atoms with van der Waals surface area (Å²) in [6, 6.07) is 0.690. The second-order valence-electron chi connectivity index (χ2n) is 5.00. The first kappa shape index (κ1) is 13.8. The molecule has 5 heteroatoms. The van der Waals surface area contributed by atoms with E-state index in [4.69, 9.17) is 11.6 Å². The standard InChI is InChI=1S/C13H23ClN4/c1-2-8-18-13(15-11-16-18)10-17(9-7-14)12-5-3-4-6-12/h11-12H,2-10H2,1H3. The SMILES string of the molecule is CCCn1ncnc1CN(CCCl)C1CCCC1. The summed E-state index contributed by atoms with van der Waals surface area (Å²) in [6.45, 7) is 4.95. The molecule has 1 fully saturated rings. The predicted molar refractivity (Wildman–Crippen MR) is 73.7 cm³/mol. The minimum atomic E-state index is 0.690. The highest BCUT2D eigenvalue weighted by Gasteiger charge is 2.23. The van der Waals surface area contributed by atoms with Gasteiger partial charge in [-0.2, -0.15) is 5.10 Å². The molecule has 1 aromatic rings. The summed E-state index contributed by atoms with van der Waals surface area (Å²) in [6.07, 6.45) is 8.07. The van der Waals surface area contributed by atoms with Gasteiger partial charge in [0.25, 0.3) is 0 Å². The van der Waals surface area contributed by atoms with Crippen LogP contribution in [0.4, 0.5) is 0 Å². The summed E-state index contributed by atoms with van der Waals surface area (Å²) in [5.41, 5.74) is 0. The number of aryl methyl sites for hydroxylation is 1. The zero-order valence-corrected chi connectivity index (χ0v) is 11.9. The van der Waals surface area contributed by atoms with E-state index in [-0.39, 0.29) is 0 Å². The highest BCUT2D eigenvalue weighted by Crippen LogP contribution is 2.24. The molecular formula is C13H23ClN4. The van der Waals surface area contributed by atoms with E-state index in [1.54, 1.807) is 6.33 Å². The third-order valence-corrected chi connectivity index (χ3v) is 3.86. The average Bonchev–Trinajstić information content (AvgIpc) is 3.01. The van der Waals surface area contributed by atoms with Gasteiger partial charge in [0.05, 0.1) is 6.54 Å². The van der Waals surface area contributed by atoms with E-state index in [0.29, 0.717) is 11.9 Å². The quantitative estimate of drug-likeness (QED) is 0.715. The Kier molecular flexibility index (Phi) is 5.45. The molecule has 0 bridgehead atoms. The number of nitrogens with zero attached hydrogens (tertiary/aromatic N) is 4. The van der Waals surface area contributed by atoms with E-state index in [0.717, 1.165) is 31.9 Å². The summed E-state index contributed by atoms with van der Waals surface area (Å²) in [5, 5.41) is 4.29. The second kappa shape index (κ2) is 7.10. The van der Waals surface area contributed by atoms with E-state index in [1.807, 2.05) is 4.68 Å². The largest absolute Gasteiger partial charge is 0.292 e. The van der Waals surface area contributed by atoms with Crippen molar-refractivity contribution in [2.45, 2.75) is 58.2 Å². The molecule has 102 valence electrons. The molecule has 2 rings (SSSR count). The summed E-state index contributed by atoms with van der Waals surface area (Å²) >= 11 is 5.93. The molecular weight excluding hydrogens is 248 g/mol. The molecule has 0 saturated heterocycles. The van der Waals surface area contributed by atoms with Gasteiger partial charge in [-0.05, 0) is 19.3 Å². The van der Waals surface area contributed by atoms with Gasteiger partial charge in [-0.3, -0.25) is 4.90 Å². The lowest BCUT2D eigenvalue weighted by atomic mass is 10.2. The Morgan fingerprint density at radius 2 is 2.22 bits per heavy atom. The van der Waals surface area contributed by atoms with Crippen LogP contribution in [0.3, 0.4) is 0 Å². The maximum absolute atomic E-state index is 5.93. The van der Waals surface area contributed by atoms with Crippen molar-refractivity contribution < 1.29 is 0 Å². The lowest BCUT2D eigenvalue weighted by Crippen LogP contribution is -2.35. The van der Waals surface area contributed by atoms with E-state index < -0.39 is 0 Å². The molecule has 1 aliphatic rings. The number of rotatable bonds is 7. The first-order valence-corrected chi connectivity index (χ1v) is 7.55. The lowest BCUT2D eigenvalue weighted by Gasteiger charge is -2.27. The Labute approximate surface area is 114 Å². The van der Waals surface area contributed by atoms with E-state index in [9.17, 15) is 0 Å². The normalized spacial score (nSPS) is 16.8. The third kappa shape index (κ3) is 3.45. The summed E-state index contributed by atoms with van der Waals surface area (Å²) in [7, 11) is 0. The third-order valence-electron chi connectivity index (χ3n) is 3.69. The molecule has 0 amide bonds. The Morgan fingerprint density at radius 1 is 1.44 bits per heavy atom. The van der Waals surface area contributed by atoms with Crippen molar-refractivity contribution in [1.29, 1.82) is 0 Å². The van der Waals surface area contributed by atoms with Crippen LogP contribution >= 0.6 is 11.6 Å². The van der Waals surface area contributed by atoms with Gasteiger partial charge in [0.15, 0.2) is 0 Å². The molecule has 0 unspecified atom stereocenters. The van der Waals surface area contributed by atoms with Gasteiger partial charge in [-0.25, -0.2) is 9.67 Å². The molecule has 0 radical (unpaired) electrons. The minimum Gasteiger partial charge on any atom is -0.292 e. The first-order chi connectivity index (χ1) is 8.85. The van der Waals surface area contributed by atoms with Crippen LogP contribution in [0.25, 0.3) is 0 Å². The first-order valence-electron chi connectivity index (χ1n) is 7.01. The zero-order chi connectivity index (χ0) is 12.8. The zero-order valence-electron chi connectivity index (χ0n) is 11.2. The van der Waals surface area contributed by atoms with Crippen molar-refractivity contribution in [2.75, 3.05) is 12.4 Å². The van der Waals surface area contributed by atoms with E-state index in [2.05, 4.69) is 21.9 Å². The van der Waals surface area contributed by atoms with Crippen molar-refractivity contribution in [1.82, 2.24) is 19.7 Å². The van der Waals surface area contributed by atoms with Gasteiger partial charge in [0, 0.05) is 25.0 Å². The predicted octanol–water partition coefficient (Wildman–Crippen LogP) is 2.67. The lowest BCUT2D eigenvalue weighted by molar-refractivity contribution is 0.193. The van der Waals surface area contributed by atoms with Gasteiger partial charge in [0.2, 0.25) is 0 Å². The molecule has 0 N–H and O–H groups in total. The number of hydrogen-bond donors (Lipinski definition) is 0. The number of alkyl halides is 1. The Bertz CT molecular complexity index is 347. The van der Waals surface area contributed by atoms with Crippen LogP contribution in [0.2, 0.25) is 0 Å². The van der Waals surface area contributed by atoms with Crippen LogP contribution in [-0.2, 0) is 13.1 Å². The maximum atomic E-state index is 5.93. The van der Waals surface area contributed by atoms with Gasteiger partial charge in [0.1, 0.15) is 12.2 Å². The van der Waals surface area contributed by atoms with Gasteiger partial charge in [-0.15, -0.1) is 11.6 Å². The van der Waals surface area contributed by atoms with Crippen LogP contribution < -0.4 is 0 Å². The molecule has 0 atom stereocenters. The molecule has 1 aliphatic carbocycles. The fraction of sp³-hybridized carbons (Fsp3) is 0.846.